The van der Waals surface area contributed by atoms with Crippen molar-refractivity contribution < 1.29 is 14.4 Å². The number of aliphatic hydroxyl groups is 1. The lowest BCUT2D eigenvalue weighted by atomic mass is 10.1. The lowest BCUT2D eigenvalue weighted by Gasteiger charge is -2.04. The van der Waals surface area contributed by atoms with Gasteiger partial charge in [0.05, 0.1) is 19.3 Å². The van der Waals surface area contributed by atoms with Crippen LogP contribution in [-0.2, 0) is 0 Å². The molecule has 2 atom stereocenters. The van der Waals surface area contributed by atoms with E-state index in [0.717, 1.165) is 16.9 Å². The highest BCUT2D eigenvalue weighted by Gasteiger charge is 2.28. The van der Waals surface area contributed by atoms with Crippen LogP contribution in [0, 0.1) is 6.92 Å². The van der Waals surface area contributed by atoms with Crippen molar-refractivity contribution >= 4 is 0 Å². The molecule has 1 aliphatic heterocycles. The predicted octanol–water partition coefficient (Wildman–Crippen LogP) is 1.45. The number of aromatic nitrogens is 2. The Morgan fingerprint density at radius 2 is 2.30 bits per heavy atom. The molecule has 1 aromatic heterocycles. The van der Waals surface area contributed by atoms with Crippen molar-refractivity contribution in [2.24, 2.45) is 0 Å². The van der Waals surface area contributed by atoms with Crippen molar-refractivity contribution in [1.82, 2.24) is 15.5 Å². The summed E-state index contributed by atoms with van der Waals surface area (Å²) >= 11 is 0. The lowest BCUT2D eigenvalue weighted by Crippen LogP contribution is -2.15. The minimum Gasteiger partial charge on any atom is -0.496 e. The Morgan fingerprint density at radius 1 is 1.45 bits per heavy atom. The van der Waals surface area contributed by atoms with E-state index < -0.39 is 0 Å². The summed E-state index contributed by atoms with van der Waals surface area (Å²) in [7, 11) is 1.64. The van der Waals surface area contributed by atoms with Crippen LogP contribution in [0.1, 0.15) is 23.9 Å². The molecule has 106 valence electrons. The number of rotatable bonds is 3. The third-order valence-electron chi connectivity index (χ3n) is 3.50. The van der Waals surface area contributed by atoms with Crippen molar-refractivity contribution in [3.8, 4) is 17.1 Å². The summed E-state index contributed by atoms with van der Waals surface area (Å²) in [6, 6.07) is 5.69. The maximum Gasteiger partial charge on any atom is 0.244 e. The van der Waals surface area contributed by atoms with Crippen LogP contribution < -0.4 is 10.1 Å². The number of nitrogens with zero attached hydrogens (tertiary/aromatic N) is 2. The first kappa shape index (κ1) is 13.1. The second-order valence-corrected chi connectivity index (χ2v) is 4.99. The first-order valence-corrected chi connectivity index (χ1v) is 6.57. The van der Waals surface area contributed by atoms with Gasteiger partial charge in [0.15, 0.2) is 0 Å². The fourth-order valence-corrected chi connectivity index (χ4v) is 2.42. The molecule has 1 saturated heterocycles. The zero-order chi connectivity index (χ0) is 14.1. The average Bonchev–Trinajstić information content (AvgIpc) is 3.07. The summed E-state index contributed by atoms with van der Waals surface area (Å²) in [5, 5.41) is 16.7. The standard InChI is InChI=1S/C14H17N3O3/c1-8-5-9(3-4-12(8)19-2)13-16-14(20-17-13)11-6-10(18)7-15-11/h3-5,10-11,15,18H,6-7H2,1-2H3/t10-,11+/m0/s1. The molecule has 2 N–H and O–H groups in total. The third kappa shape index (κ3) is 2.39. The SMILES string of the molecule is COc1ccc(-c2noc([C@H]3C[C@H](O)CN3)n2)cc1C. The maximum atomic E-state index is 9.51. The molecule has 1 fully saturated rings. The van der Waals surface area contributed by atoms with Crippen LogP contribution in [0.15, 0.2) is 22.7 Å². The largest absolute Gasteiger partial charge is 0.496 e. The molecule has 0 radical (unpaired) electrons. The van der Waals surface area contributed by atoms with E-state index in [0.29, 0.717) is 24.7 Å². The van der Waals surface area contributed by atoms with Crippen LogP contribution in [0.2, 0.25) is 0 Å². The summed E-state index contributed by atoms with van der Waals surface area (Å²) < 4.78 is 10.5. The van der Waals surface area contributed by atoms with Gasteiger partial charge in [-0.1, -0.05) is 5.16 Å². The predicted molar refractivity (Wildman–Crippen MR) is 72.4 cm³/mol. The zero-order valence-electron chi connectivity index (χ0n) is 11.5. The number of benzene rings is 1. The van der Waals surface area contributed by atoms with Gasteiger partial charge in [-0.25, -0.2) is 0 Å². The number of aliphatic hydroxyl groups excluding tert-OH is 1. The van der Waals surface area contributed by atoms with E-state index in [1.54, 1.807) is 7.11 Å². The van der Waals surface area contributed by atoms with Gasteiger partial charge in [0.25, 0.3) is 0 Å². The molecule has 1 aromatic carbocycles. The summed E-state index contributed by atoms with van der Waals surface area (Å²) in [5.74, 6) is 1.90. The van der Waals surface area contributed by atoms with E-state index in [4.69, 9.17) is 9.26 Å². The van der Waals surface area contributed by atoms with Gasteiger partial charge in [-0.05, 0) is 37.1 Å². The van der Waals surface area contributed by atoms with E-state index in [2.05, 4.69) is 15.5 Å². The Labute approximate surface area is 116 Å². The summed E-state index contributed by atoms with van der Waals surface area (Å²) in [5.41, 5.74) is 1.91. The molecule has 0 amide bonds. The van der Waals surface area contributed by atoms with Crippen molar-refractivity contribution in [1.29, 1.82) is 0 Å². The van der Waals surface area contributed by atoms with E-state index in [9.17, 15) is 5.11 Å². The van der Waals surface area contributed by atoms with Crippen molar-refractivity contribution in [2.45, 2.75) is 25.5 Å². The molecular formula is C14H17N3O3. The summed E-state index contributed by atoms with van der Waals surface area (Å²) in [4.78, 5) is 4.40. The van der Waals surface area contributed by atoms with Crippen LogP contribution in [0.5, 0.6) is 5.75 Å². The Bertz CT molecular complexity index is 611. The topological polar surface area (TPSA) is 80.4 Å². The molecule has 0 unspecified atom stereocenters. The minimum absolute atomic E-state index is 0.0643. The fraction of sp³-hybridized carbons (Fsp3) is 0.429. The summed E-state index contributed by atoms with van der Waals surface area (Å²) in [6.07, 6.45) is 0.252. The molecule has 6 nitrogen and oxygen atoms in total. The van der Waals surface area contributed by atoms with Crippen molar-refractivity contribution in [3.05, 3.63) is 29.7 Å². The smallest absolute Gasteiger partial charge is 0.244 e. The highest BCUT2D eigenvalue weighted by Crippen LogP contribution is 2.27. The van der Waals surface area contributed by atoms with Gasteiger partial charge in [0, 0.05) is 12.1 Å². The number of β-amino-alcohol motifs (C(OH)–C–C–N with tert-alkyl or cyclic N) is 1. The van der Waals surface area contributed by atoms with Gasteiger partial charge in [-0.15, -0.1) is 0 Å². The van der Waals surface area contributed by atoms with Gasteiger partial charge < -0.3 is 19.7 Å². The fourth-order valence-electron chi connectivity index (χ4n) is 2.42. The Kier molecular flexibility index (Phi) is 3.42. The monoisotopic (exact) mass is 275 g/mol. The molecule has 2 aromatic rings. The summed E-state index contributed by atoms with van der Waals surface area (Å²) in [6.45, 7) is 2.53. The number of hydrogen-bond acceptors (Lipinski definition) is 6. The molecule has 0 spiro atoms. The first-order valence-electron chi connectivity index (χ1n) is 6.57. The molecule has 2 heterocycles. The molecule has 0 saturated carbocycles. The third-order valence-corrected chi connectivity index (χ3v) is 3.50. The Balaban J connectivity index is 1.84. The van der Waals surface area contributed by atoms with Gasteiger partial charge in [0.2, 0.25) is 11.7 Å². The first-order chi connectivity index (χ1) is 9.67. The maximum absolute atomic E-state index is 9.51. The highest BCUT2D eigenvalue weighted by atomic mass is 16.5. The number of aryl methyl sites for hydroxylation is 1. The normalized spacial score (nSPS) is 22.1. The quantitative estimate of drug-likeness (QED) is 0.882. The van der Waals surface area contributed by atoms with E-state index in [1.807, 2.05) is 25.1 Å². The molecule has 1 aliphatic rings. The van der Waals surface area contributed by atoms with Crippen LogP contribution >= 0.6 is 0 Å². The second kappa shape index (κ2) is 5.22. The van der Waals surface area contributed by atoms with E-state index >= 15 is 0 Å². The number of ether oxygens (including phenoxy) is 1. The molecule has 3 rings (SSSR count). The van der Waals surface area contributed by atoms with Gasteiger partial charge >= 0.3 is 0 Å². The van der Waals surface area contributed by atoms with Crippen LogP contribution in [0.3, 0.4) is 0 Å². The lowest BCUT2D eigenvalue weighted by molar-refractivity contribution is 0.191. The highest BCUT2D eigenvalue weighted by molar-refractivity contribution is 5.58. The van der Waals surface area contributed by atoms with Crippen LogP contribution in [0.4, 0.5) is 0 Å². The van der Waals surface area contributed by atoms with Gasteiger partial charge in [-0.3, -0.25) is 0 Å². The second-order valence-electron chi connectivity index (χ2n) is 4.99. The van der Waals surface area contributed by atoms with Crippen LogP contribution in [-0.4, -0.2) is 35.0 Å². The van der Waals surface area contributed by atoms with Gasteiger partial charge in [0.1, 0.15) is 5.75 Å². The Morgan fingerprint density at radius 3 is 2.95 bits per heavy atom. The number of hydrogen-bond donors (Lipinski definition) is 2. The molecule has 20 heavy (non-hydrogen) atoms. The van der Waals surface area contributed by atoms with Crippen molar-refractivity contribution in [3.63, 3.8) is 0 Å². The van der Waals surface area contributed by atoms with E-state index in [1.165, 1.54) is 0 Å². The molecule has 6 heteroatoms. The molecule has 0 aliphatic carbocycles. The number of nitrogens with one attached hydrogen (secondary N) is 1. The Hall–Kier alpha value is -1.92. The van der Waals surface area contributed by atoms with Gasteiger partial charge in [-0.2, -0.15) is 4.98 Å². The number of methoxy groups -OCH3 is 1. The minimum atomic E-state index is -0.349. The van der Waals surface area contributed by atoms with Crippen LogP contribution in [0.25, 0.3) is 11.4 Å². The van der Waals surface area contributed by atoms with E-state index in [-0.39, 0.29) is 12.1 Å². The molecular weight excluding hydrogens is 258 g/mol. The molecule has 0 bridgehead atoms. The zero-order valence-corrected chi connectivity index (χ0v) is 11.5. The van der Waals surface area contributed by atoms with Crippen molar-refractivity contribution in [2.75, 3.05) is 13.7 Å². The average molecular weight is 275 g/mol.